The molecule has 0 unspecified atom stereocenters. The van der Waals surface area contributed by atoms with Crippen LogP contribution in [0.2, 0.25) is 5.02 Å². The van der Waals surface area contributed by atoms with E-state index in [0.29, 0.717) is 27.8 Å². The van der Waals surface area contributed by atoms with Crippen molar-refractivity contribution in [2.24, 2.45) is 5.92 Å². The van der Waals surface area contributed by atoms with Crippen molar-refractivity contribution in [3.05, 3.63) is 63.7 Å². The van der Waals surface area contributed by atoms with Gasteiger partial charge in [-0.3, -0.25) is 9.59 Å². The molecule has 1 aliphatic rings. The van der Waals surface area contributed by atoms with E-state index in [2.05, 4.69) is 12.2 Å². The van der Waals surface area contributed by atoms with Gasteiger partial charge in [-0.1, -0.05) is 24.6 Å². The summed E-state index contributed by atoms with van der Waals surface area (Å²) >= 11 is 6.26. The minimum absolute atomic E-state index is 0.0336. The van der Waals surface area contributed by atoms with Gasteiger partial charge in [-0.25, -0.2) is 0 Å². The number of rotatable bonds is 3. The second kappa shape index (κ2) is 8.13. The zero-order valence-electron chi connectivity index (χ0n) is 16.0. The zero-order valence-corrected chi connectivity index (χ0v) is 16.8. The third-order valence-electron chi connectivity index (χ3n) is 5.14. The van der Waals surface area contributed by atoms with Gasteiger partial charge in [0.25, 0.3) is 11.8 Å². The summed E-state index contributed by atoms with van der Waals surface area (Å²) in [4.78, 5) is 27.1. The second-order valence-corrected chi connectivity index (χ2v) is 7.85. The highest BCUT2D eigenvalue weighted by molar-refractivity contribution is 6.34. The summed E-state index contributed by atoms with van der Waals surface area (Å²) in [6.07, 6.45) is 2.09. The first-order valence-corrected chi connectivity index (χ1v) is 9.70. The first kappa shape index (κ1) is 19.4. The number of carbonyl (C=O) groups is 2. The fourth-order valence-corrected chi connectivity index (χ4v) is 3.79. The molecule has 1 fully saturated rings. The lowest BCUT2D eigenvalue weighted by Gasteiger charge is -2.30. The van der Waals surface area contributed by atoms with Crippen molar-refractivity contribution in [3.8, 4) is 0 Å². The number of hydrogen-bond donors (Lipinski definition) is 1. The molecule has 0 bridgehead atoms. The van der Waals surface area contributed by atoms with Crippen LogP contribution in [0.15, 0.2) is 36.4 Å². The van der Waals surface area contributed by atoms with Crippen molar-refractivity contribution in [2.75, 3.05) is 18.4 Å². The molecule has 5 heteroatoms. The number of amides is 2. The highest BCUT2D eigenvalue weighted by Crippen LogP contribution is 2.28. The molecule has 3 rings (SSSR count). The van der Waals surface area contributed by atoms with E-state index in [1.54, 1.807) is 24.3 Å². The largest absolute Gasteiger partial charge is 0.339 e. The summed E-state index contributed by atoms with van der Waals surface area (Å²) in [7, 11) is 0. The van der Waals surface area contributed by atoms with E-state index in [1.807, 2.05) is 30.9 Å². The number of hydrogen-bond acceptors (Lipinski definition) is 2. The fraction of sp³-hybridized carbons (Fsp3) is 0.364. The van der Waals surface area contributed by atoms with Crippen molar-refractivity contribution >= 4 is 29.1 Å². The number of halogens is 1. The van der Waals surface area contributed by atoms with E-state index in [4.69, 9.17) is 11.6 Å². The first-order chi connectivity index (χ1) is 12.8. The Morgan fingerprint density at radius 3 is 2.22 bits per heavy atom. The van der Waals surface area contributed by atoms with Crippen LogP contribution in [-0.2, 0) is 0 Å². The number of anilines is 1. The van der Waals surface area contributed by atoms with Crippen LogP contribution in [0.5, 0.6) is 0 Å². The number of aryl methyl sites for hydroxylation is 2. The van der Waals surface area contributed by atoms with Gasteiger partial charge >= 0.3 is 0 Å². The highest BCUT2D eigenvalue weighted by Gasteiger charge is 2.21. The Morgan fingerprint density at radius 2 is 1.63 bits per heavy atom. The molecule has 0 aromatic heterocycles. The van der Waals surface area contributed by atoms with E-state index in [9.17, 15) is 9.59 Å². The van der Waals surface area contributed by atoms with Gasteiger partial charge in [-0.05, 0) is 74.1 Å². The summed E-state index contributed by atoms with van der Waals surface area (Å²) in [5.41, 5.74) is 3.69. The van der Waals surface area contributed by atoms with Crippen LogP contribution in [0.1, 0.15) is 51.6 Å². The van der Waals surface area contributed by atoms with Crippen LogP contribution in [0, 0.1) is 19.8 Å². The average molecular weight is 385 g/mol. The fourth-order valence-electron chi connectivity index (χ4n) is 3.42. The molecule has 1 saturated heterocycles. The number of carbonyl (C=O) groups excluding carboxylic acids is 2. The molecule has 142 valence electrons. The molecule has 2 aromatic rings. The molecule has 0 aliphatic carbocycles. The molecular weight excluding hydrogens is 360 g/mol. The standard InChI is InChI=1S/C22H25ClN2O2/c1-14-8-10-25(11-9-14)22(27)18-6-4-17(5-7-18)21(26)24-20-16(3)12-15(2)13-19(20)23/h4-7,12-14H,8-11H2,1-3H3,(H,24,26). The Bertz CT molecular complexity index is 830. The maximum atomic E-state index is 12.6. The summed E-state index contributed by atoms with van der Waals surface area (Å²) in [6.45, 7) is 7.69. The van der Waals surface area contributed by atoms with Gasteiger partial charge < -0.3 is 10.2 Å². The Kier molecular flexibility index (Phi) is 5.85. The molecule has 27 heavy (non-hydrogen) atoms. The van der Waals surface area contributed by atoms with Crippen LogP contribution in [-0.4, -0.2) is 29.8 Å². The van der Waals surface area contributed by atoms with Crippen LogP contribution >= 0.6 is 11.6 Å². The number of nitrogens with zero attached hydrogens (tertiary/aromatic N) is 1. The summed E-state index contributed by atoms with van der Waals surface area (Å²) in [5.74, 6) is 0.470. The third-order valence-corrected chi connectivity index (χ3v) is 5.43. The number of nitrogens with one attached hydrogen (secondary N) is 1. The van der Waals surface area contributed by atoms with Crippen molar-refractivity contribution < 1.29 is 9.59 Å². The smallest absolute Gasteiger partial charge is 0.255 e. The second-order valence-electron chi connectivity index (χ2n) is 7.44. The molecule has 1 heterocycles. The molecule has 1 aliphatic heterocycles. The van der Waals surface area contributed by atoms with Crippen LogP contribution in [0.3, 0.4) is 0 Å². The van der Waals surface area contributed by atoms with E-state index in [0.717, 1.165) is 37.1 Å². The van der Waals surface area contributed by atoms with Crippen LogP contribution in [0.4, 0.5) is 5.69 Å². The molecule has 0 atom stereocenters. The lowest BCUT2D eigenvalue weighted by atomic mass is 9.98. The normalized spacial score (nSPS) is 14.9. The lowest BCUT2D eigenvalue weighted by Crippen LogP contribution is -2.37. The predicted molar refractivity (Wildman–Crippen MR) is 110 cm³/mol. The average Bonchev–Trinajstić information content (AvgIpc) is 2.64. The SMILES string of the molecule is Cc1cc(C)c(NC(=O)c2ccc(C(=O)N3CCC(C)CC3)cc2)c(Cl)c1. The molecule has 0 radical (unpaired) electrons. The first-order valence-electron chi connectivity index (χ1n) is 9.32. The van der Waals surface area contributed by atoms with Crippen molar-refractivity contribution in [3.63, 3.8) is 0 Å². The van der Waals surface area contributed by atoms with Crippen molar-refractivity contribution in [1.29, 1.82) is 0 Å². The van der Waals surface area contributed by atoms with Crippen molar-refractivity contribution in [1.82, 2.24) is 4.90 Å². The summed E-state index contributed by atoms with van der Waals surface area (Å²) in [6, 6.07) is 10.6. The molecule has 2 aromatic carbocycles. The summed E-state index contributed by atoms with van der Waals surface area (Å²) < 4.78 is 0. The number of benzene rings is 2. The maximum absolute atomic E-state index is 12.6. The third kappa shape index (κ3) is 4.51. The number of likely N-dealkylation sites (tertiary alicyclic amines) is 1. The molecular formula is C22H25ClN2O2. The Morgan fingerprint density at radius 1 is 1.04 bits per heavy atom. The van der Waals surface area contributed by atoms with E-state index in [1.165, 1.54) is 0 Å². The predicted octanol–water partition coefficient (Wildman–Crippen LogP) is 5.08. The van der Waals surface area contributed by atoms with Gasteiger partial charge in [0, 0.05) is 24.2 Å². The van der Waals surface area contributed by atoms with Crippen molar-refractivity contribution in [2.45, 2.75) is 33.6 Å². The molecule has 0 spiro atoms. The Balaban J connectivity index is 1.70. The van der Waals surface area contributed by atoms with E-state index >= 15 is 0 Å². The van der Waals surface area contributed by atoms with Crippen LogP contribution < -0.4 is 5.32 Å². The van der Waals surface area contributed by atoms with Gasteiger partial charge in [-0.15, -0.1) is 0 Å². The molecule has 1 N–H and O–H groups in total. The van der Waals surface area contributed by atoms with Crippen LogP contribution in [0.25, 0.3) is 0 Å². The minimum atomic E-state index is -0.241. The number of piperidine rings is 1. The zero-order chi connectivity index (χ0) is 19.6. The maximum Gasteiger partial charge on any atom is 0.255 e. The minimum Gasteiger partial charge on any atom is -0.339 e. The van der Waals surface area contributed by atoms with Gasteiger partial charge in [0.1, 0.15) is 0 Å². The quantitative estimate of drug-likeness (QED) is 0.802. The van der Waals surface area contributed by atoms with Gasteiger partial charge in [-0.2, -0.15) is 0 Å². The topological polar surface area (TPSA) is 49.4 Å². The Hall–Kier alpha value is -2.33. The molecule has 0 saturated carbocycles. The molecule has 4 nitrogen and oxygen atoms in total. The summed E-state index contributed by atoms with van der Waals surface area (Å²) in [5, 5.41) is 3.39. The van der Waals surface area contributed by atoms with Gasteiger partial charge in [0.05, 0.1) is 10.7 Å². The molecule has 2 amide bonds. The van der Waals surface area contributed by atoms with Gasteiger partial charge in [0.15, 0.2) is 0 Å². The van der Waals surface area contributed by atoms with Gasteiger partial charge in [0.2, 0.25) is 0 Å². The van der Waals surface area contributed by atoms with E-state index in [-0.39, 0.29) is 11.8 Å². The highest BCUT2D eigenvalue weighted by atomic mass is 35.5. The lowest BCUT2D eigenvalue weighted by molar-refractivity contribution is 0.0697. The van der Waals surface area contributed by atoms with E-state index < -0.39 is 0 Å². The Labute approximate surface area is 165 Å². The monoisotopic (exact) mass is 384 g/mol.